The number of rotatable bonds is 7. The number of carbonyl (C=O) groups excluding carboxylic acids is 2. The van der Waals surface area contributed by atoms with Crippen molar-refractivity contribution >= 4 is 12.0 Å². The molecule has 2 aliphatic heterocycles. The van der Waals surface area contributed by atoms with E-state index in [1.165, 1.54) is 5.56 Å². The summed E-state index contributed by atoms with van der Waals surface area (Å²) in [5.41, 5.74) is 3.27. The lowest BCUT2D eigenvalue weighted by Gasteiger charge is -2.37. The van der Waals surface area contributed by atoms with Crippen LogP contribution in [0.4, 0.5) is 4.79 Å². The standard InChI is InChI=1S/C25H30N4O3/c1-2-32-24(30)22-21(26-25(31)27-23(22)20-11-7-4-8-12-20)18-29-15-13-28(14-16-29)17-19-9-5-3-6-10-19/h3-12,23H,2,13-18H2,1H3,(H2,26,27,31). The Morgan fingerprint density at radius 3 is 2.16 bits per heavy atom. The summed E-state index contributed by atoms with van der Waals surface area (Å²) in [6.07, 6.45) is 0. The van der Waals surface area contributed by atoms with Crippen molar-refractivity contribution in [2.45, 2.75) is 19.5 Å². The average molecular weight is 435 g/mol. The molecule has 0 spiro atoms. The normalized spacial score (nSPS) is 19.9. The van der Waals surface area contributed by atoms with E-state index in [1.54, 1.807) is 6.92 Å². The lowest BCUT2D eigenvalue weighted by atomic mass is 9.95. The van der Waals surface area contributed by atoms with E-state index in [0.29, 0.717) is 17.8 Å². The second-order valence-electron chi connectivity index (χ2n) is 8.09. The minimum absolute atomic E-state index is 0.281. The monoisotopic (exact) mass is 434 g/mol. The fraction of sp³-hybridized carbons (Fsp3) is 0.360. The Labute approximate surface area is 189 Å². The molecule has 0 aromatic heterocycles. The zero-order valence-electron chi connectivity index (χ0n) is 18.4. The highest BCUT2D eigenvalue weighted by atomic mass is 16.5. The minimum Gasteiger partial charge on any atom is -0.463 e. The van der Waals surface area contributed by atoms with Gasteiger partial charge in [0.05, 0.1) is 18.2 Å². The molecule has 2 N–H and O–H groups in total. The highest BCUT2D eigenvalue weighted by Gasteiger charge is 2.34. The van der Waals surface area contributed by atoms with Crippen LogP contribution in [-0.2, 0) is 16.1 Å². The molecule has 0 bridgehead atoms. The number of nitrogens with one attached hydrogen (secondary N) is 2. The summed E-state index contributed by atoms with van der Waals surface area (Å²) >= 11 is 0. The van der Waals surface area contributed by atoms with Gasteiger partial charge in [0, 0.05) is 45.0 Å². The predicted octanol–water partition coefficient (Wildman–Crippen LogP) is 2.68. The second kappa shape index (κ2) is 10.4. The van der Waals surface area contributed by atoms with Crippen LogP contribution in [0.25, 0.3) is 0 Å². The Morgan fingerprint density at radius 1 is 0.938 bits per heavy atom. The van der Waals surface area contributed by atoms with Gasteiger partial charge in [0.15, 0.2) is 0 Å². The molecule has 0 aliphatic carbocycles. The summed E-state index contributed by atoms with van der Waals surface area (Å²) < 4.78 is 5.36. The maximum Gasteiger partial charge on any atom is 0.338 e. The number of nitrogens with zero attached hydrogens (tertiary/aromatic N) is 2. The quantitative estimate of drug-likeness (QED) is 0.656. The Kier molecular flexibility index (Phi) is 7.19. The van der Waals surface area contributed by atoms with Gasteiger partial charge in [-0.1, -0.05) is 60.7 Å². The SMILES string of the molecule is CCOC(=O)C1=C(CN2CCN(Cc3ccccc3)CC2)NC(=O)NC1c1ccccc1. The second-order valence-corrected chi connectivity index (χ2v) is 8.09. The van der Waals surface area contributed by atoms with Gasteiger partial charge in [0.2, 0.25) is 0 Å². The molecule has 1 fully saturated rings. The van der Waals surface area contributed by atoms with Crippen molar-refractivity contribution in [3.8, 4) is 0 Å². The van der Waals surface area contributed by atoms with E-state index in [9.17, 15) is 9.59 Å². The Hall–Kier alpha value is -3.16. The van der Waals surface area contributed by atoms with E-state index in [0.717, 1.165) is 38.3 Å². The molecule has 32 heavy (non-hydrogen) atoms. The Morgan fingerprint density at radius 2 is 1.53 bits per heavy atom. The molecule has 4 rings (SSSR count). The lowest BCUT2D eigenvalue weighted by molar-refractivity contribution is -0.139. The van der Waals surface area contributed by atoms with Crippen molar-refractivity contribution in [1.82, 2.24) is 20.4 Å². The number of benzene rings is 2. The zero-order valence-corrected chi connectivity index (χ0v) is 18.4. The van der Waals surface area contributed by atoms with Crippen molar-refractivity contribution in [2.75, 3.05) is 39.3 Å². The molecule has 0 saturated carbocycles. The highest BCUT2D eigenvalue weighted by molar-refractivity contribution is 5.95. The van der Waals surface area contributed by atoms with Crippen molar-refractivity contribution in [2.24, 2.45) is 0 Å². The topological polar surface area (TPSA) is 73.9 Å². The van der Waals surface area contributed by atoms with Crippen LogP contribution in [0.1, 0.15) is 24.1 Å². The summed E-state index contributed by atoms with van der Waals surface area (Å²) in [5.74, 6) is -0.397. The van der Waals surface area contributed by atoms with Gasteiger partial charge < -0.3 is 15.4 Å². The van der Waals surface area contributed by atoms with E-state index in [1.807, 2.05) is 36.4 Å². The van der Waals surface area contributed by atoms with E-state index < -0.39 is 12.0 Å². The number of carbonyl (C=O) groups is 2. The van der Waals surface area contributed by atoms with Gasteiger partial charge >= 0.3 is 12.0 Å². The molecule has 2 aromatic rings. The van der Waals surface area contributed by atoms with Crippen molar-refractivity contribution < 1.29 is 14.3 Å². The first kappa shape index (κ1) is 22.0. The number of urea groups is 1. The molecule has 0 radical (unpaired) electrons. The lowest BCUT2D eigenvalue weighted by Crippen LogP contribution is -2.51. The molecular weight excluding hydrogens is 404 g/mol. The first-order valence-corrected chi connectivity index (χ1v) is 11.2. The van der Waals surface area contributed by atoms with Crippen LogP contribution in [0.5, 0.6) is 0 Å². The van der Waals surface area contributed by atoms with Crippen molar-refractivity contribution in [3.05, 3.63) is 83.1 Å². The maximum atomic E-state index is 12.9. The first-order valence-electron chi connectivity index (χ1n) is 11.2. The molecule has 168 valence electrons. The van der Waals surface area contributed by atoms with Crippen molar-refractivity contribution in [1.29, 1.82) is 0 Å². The van der Waals surface area contributed by atoms with Gasteiger partial charge in [-0.3, -0.25) is 9.80 Å². The third-order valence-corrected chi connectivity index (χ3v) is 5.88. The molecule has 1 unspecified atom stereocenters. The number of hydrogen-bond acceptors (Lipinski definition) is 5. The van der Waals surface area contributed by atoms with Crippen LogP contribution in [-0.4, -0.2) is 61.1 Å². The maximum absolute atomic E-state index is 12.9. The highest BCUT2D eigenvalue weighted by Crippen LogP contribution is 2.28. The molecule has 7 heteroatoms. The molecule has 2 heterocycles. The minimum atomic E-state index is -0.529. The average Bonchev–Trinajstić information content (AvgIpc) is 2.81. The number of amides is 2. The van der Waals surface area contributed by atoms with Crippen LogP contribution in [0.3, 0.4) is 0 Å². The molecular formula is C25H30N4O3. The number of piperazine rings is 1. The van der Waals surface area contributed by atoms with Crippen LogP contribution in [0, 0.1) is 0 Å². The number of hydrogen-bond donors (Lipinski definition) is 2. The molecule has 2 aliphatic rings. The van der Waals surface area contributed by atoms with E-state index in [2.05, 4.69) is 44.7 Å². The van der Waals surface area contributed by atoms with Gasteiger partial charge in [-0.25, -0.2) is 9.59 Å². The van der Waals surface area contributed by atoms with Crippen LogP contribution >= 0.6 is 0 Å². The molecule has 1 atom stereocenters. The van der Waals surface area contributed by atoms with Gasteiger partial charge in [-0.05, 0) is 18.1 Å². The third kappa shape index (κ3) is 5.36. The summed E-state index contributed by atoms with van der Waals surface area (Å²) in [4.78, 5) is 30.1. The van der Waals surface area contributed by atoms with Gasteiger partial charge in [-0.15, -0.1) is 0 Å². The summed E-state index contributed by atoms with van der Waals surface area (Å²) in [6, 6.07) is 19.2. The van der Waals surface area contributed by atoms with Crippen LogP contribution in [0.2, 0.25) is 0 Å². The van der Waals surface area contributed by atoms with Gasteiger partial charge in [0.1, 0.15) is 0 Å². The largest absolute Gasteiger partial charge is 0.463 e. The summed E-state index contributed by atoms with van der Waals surface area (Å²) in [5, 5.41) is 5.77. The smallest absolute Gasteiger partial charge is 0.338 e. The predicted molar refractivity (Wildman–Crippen MR) is 123 cm³/mol. The van der Waals surface area contributed by atoms with Gasteiger partial charge in [0.25, 0.3) is 0 Å². The molecule has 2 amide bonds. The summed E-state index contributed by atoms with van der Waals surface area (Å²) in [6.45, 7) is 7.11. The Balaban J connectivity index is 1.49. The number of ether oxygens (including phenoxy) is 1. The van der Waals surface area contributed by atoms with Gasteiger partial charge in [-0.2, -0.15) is 0 Å². The fourth-order valence-corrected chi connectivity index (χ4v) is 4.26. The molecule has 1 saturated heterocycles. The third-order valence-electron chi connectivity index (χ3n) is 5.88. The van der Waals surface area contributed by atoms with E-state index in [4.69, 9.17) is 4.74 Å². The Bertz CT molecular complexity index is 954. The number of esters is 1. The van der Waals surface area contributed by atoms with Crippen LogP contribution in [0.15, 0.2) is 71.9 Å². The van der Waals surface area contributed by atoms with Crippen molar-refractivity contribution in [3.63, 3.8) is 0 Å². The van der Waals surface area contributed by atoms with E-state index >= 15 is 0 Å². The molecule has 2 aromatic carbocycles. The van der Waals surface area contributed by atoms with E-state index in [-0.39, 0.29) is 12.6 Å². The first-order chi connectivity index (χ1) is 15.6. The van der Waals surface area contributed by atoms with Crippen LogP contribution < -0.4 is 10.6 Å². The summed E-state index contributed by atoms with van der Waals surface area (Å²) in [7, 11) is 0. The molecule has 7 nitrogen and oxygen atoms in total. The zero-order chi connectivity index (χ0) is 22.3. The fourth-order valence-electron chi connectivity index (χ4n) is 4.26.